The average Bonchev–Trinajstić information content (AvgIpc) is 3.47. The number of nitrogens with zero attached hydrogens (tertiary/aromatic N) is 4. The molecule has 35 heavy (non-hydrogen) atoms. The average molecular weight is 506 g/mol. The Morgan fingerprint density at radius 1 is 1.17 bits per heavy atom. The van der Waals surface area contributed by atoms with Crippen molar-refractivity contribution in [1.82, 2.24) is 19.7 Å². The number of anilines is 1. The fraction of sp³-hybridized carbons (Fsp3) is 0.231. The number of amides is 1. The molecule has 0 aliphatic heterocycles. The summed E-state index contributed by atoms with van der Waals surface area (Å²) in [4.78, 5) is 17.2. The molecule has 0 radical (unpaired) electrons. The zero-order valence-electron chi connectivity index (χ0n) is 19.9. The molecule has 4 rings (SSSR count). The number of carbonyl (C=O) groups is 1. The SMILES string of the molecule is C=CCn1c(Cc2ccc(OC)cc2)nnc1SCC(=O)Nc1nc(-c2ccc(C)c(C)c2)cs1. The van der Waals surface area contributed by atoms with Gasteiger partial charge in [0.25, 0.3) is 0 Å². The van der Waals surface area contributed by atoms with Crippen molar-refractivity contribution < 1.29 is 9.53 Å². The molecule has 1 amide bonds. The van der Waals surface area contributed by atoms with E-state index in [4.69, 9.17) is 4.74 Å². The zero-order valence-corrected chi connectivity index (χ0v) is 21.6. The molecule has 0 atom stereocenters. The van der Waals surface area contributed by atoms with Gasteiger partial charge in [0.1, 0.15) is 11.6 Å². The first kappa shape index (κ1) is 24.7. The van der Waals surface area contributed by atoms with Crippen LogP contribution in [-0.2, 0) is 17.8 Å². The van der Waals surface area contributed by atoms with Crippen LogP contribution < -0.4 is 10.1 Å². The number of carbonyl (C=O) groups excluding carboxylic acids is 1. The summed E-state index contributed by atoms with van der Waals surface area (Å²) >= 11 is 2.76. The van der Waals surface area contributed by atoms with E-state index in [0.29, 0.717) is 23.3 Å². The van der Waals surface area contributed by atoms with E-state index in [-0.39, 0.29) is 11.7 Å². The molecular weight excluding hydrogens is 478 g/mol. The second-order valence-electron chi connectivity index (χ2n) is 8.00. The summed E-state index contributed by atoms with van der Waals surface area (Å²) in [6.07, 6.45) is 2.42. The van der Waals surface area contributed by atoms with Gasteiger partial charge in [-0.15, -0.1) is 28.1 Å². The largest absolute Gasteiger partial charge is 0.497 e. The molecule has 0 saturated heterocycles. The van der Waals surface area contributed by atoms with E-state index in [1.54, 1.807) is 13.2 Å². The van der Waals surface area contributed by atoms with Crippen molar-refractivity contribution >= 4 is 34.1 Å². The van der Waals surface area contributed by atoms with Gasteiger partial charge in [-0.2, -0.15) is 0 Å². The number of rotatable bonds is 10. The fourth-order valence-electron chi connectivity index (χ4n) is 3.44. The lowest BCUT2D eigenvalue weighted by Gasteiger charge is -2.08. The number of methoxy groups -OCH3 is 1. The molecule has 0 saturated carbocycles. The zero-order chi connectivity index (χ0) is 24.8. The van der Waals surface area contributed by atoms with Gasteiger partial charge in [-0.25, -0.2) is 4.98 Å². The van der Waals surface area contributed by atoms with Crippen LogP contribution in [0.3, 0.4) is 0 Å². The maximum absolute atomic E-state index is 12.6. The maximum Gasteiger partial charge on any atom is 0.236 e. The van der Waals surface area contributed by atoms with E-state index in [0.717, 1.165) is 28.4 Å². The van der Waals surface area contributed by atoms with Gasteiger partial charge in [-0.3, -0.25) is 4.79 Å². The monoisotopic (exact) mass is 505 g/mol. The molecule has 0 aliphatic rings. The Balaban J connectivity index is 1.38. The Hall–Kier alpha value is -3.43. The maximum atomic E-state index is 12.6. The summed E-state index contributed by atoms with van der Waals surface area (Å²) in [7, 11) is 1.65. The number of hydrogen-bond acceptors (Lipinski definition) is 7. The molecule has 180 valence electrons. The molecule has 0 fully saturated rings. The highest BCUT2D eigenvalue weighted by Gasteiger charge is 2.15. The minimum absolute atomic E-state index is 0.138. The molecular formula is C26H27N5O2S2. The van der Waals surface area contributed by atoms with Gasteiger partial charge in [0.15, 0.2) is 10.3 Å². The molecule has 2 aromatic heterocycles. The molecule has 0 aliphatic carbocycles. The Morgan fingerprint density at radius 2 is 1.97 bits per heavy atom. The minimum atomic E-state index is -0.138. The smallest absolute Gasteiger partial charge is 0.236 e. The van der Waals surface area contributed by atoms with Crippen LogP contribution in [-0.4, -0.2) is 38.5 Å². The predicted octanol–water partition coefficient (Wildman–Crippen LogP) is 5.53. The van der Waals surface area contributed by atoms with Crippen molar-refractivity contribution in [3.63, 3.8) is 0 Å². The third kappa shape index (κ3) is 6.17. The van der Waals surface area contributed by atoms with Gasteiger partial charge < -0.3 is 14.6 Å². The van der Waals surface area contributed by atoms with Gasteiger partial charge in [0.2, 0.25) is 5.91 Å². The summed E-state index contributed by atoms with van der Waals surface area (Å²) < 4.78 is 7.21. The molecule has 0 spiro atoms. The van der Waals surface area contributed by atoms with E-state index >= 15 is 0 Å². The van der Waals surface area contributed by atoms with Crippen LogP contribution in [0.1, 0.15) is 22.5 Å². The quantitative estimate of drug-likeness (QED) is 0.225. The third-order valence-electron chi connectivity index (χ3n) is 5.51. The van der Waals surface area contributed by atoms with Crippen molar-refractivity contribution in [1.29, 1.82) is 0 Å². The molecule has 7 nitrogen and oxygen atoms in total. The Bertz CT molecular complexity index is 1330. The number of aromatic nitrogens is 4. The van der Waals surface area contributed by atoms with Gasteiger partial charge in [0.05, 0.1) is 18.6 Å². The Labute approximate surface area is 213 Å². The summed E-state index contributed by atoms with van der Waals surface area (Å²) in [5.74, 6) is 1.69. The van der Waals surface area contributed by atoms with Crippen LogP contribution in [0.15, 0.2) is 65.7 Å². The predicted molar refractivity (Wildman–Crippen MR) is 142 cm³/mol. The molecule has 0 bridgehead atoms. The molecule has 0 unspecified atom stereocenters. The minimum Gasteiger partial charge on any atom is -0.497 e. The Morgan fingerprint density at radius 3 is 2.69 bits per heavy atom. The number of aryl methyl sites for hydroxylation is 2. The second-order valence-corrected chi connectivity index (χ2v) is 9.80. The topological polar surface area (TPSA) is 81.9 Å². The molecule has 1 N–H and O–H groups in total. The number of hydrogen-bond donors (Lipinski definition) is 1. The third-order valence-corrected chi connectivity index (χ3v) is 7.24. The standard InChI is InChI=1S/C26H27N5O2S2/c1-5-12-31-23(14-19-7-10-21(33-4)11-8-19)29-30-26(31)35-16-24(32)28-25-27-22(15-34-25)20-9-6-17(2)18(3)13-20/h5-11,13,15H,1,12,14,16H2,2-4H3,(H,27,28,32). The summed E-state index contributed by atoms with van der Waals surface area (Å²) in [6, 6.07) is 14.1. The van der Waals surface area contributed by atoms with Gasteiger partial charge in [-0.05, 0) is 48.7 Å². The number of allylic oxidation sites excluding steroid dienone is 1. The summed E-state index contributed by atoms with van der Waals surface area (Å²) in [5, 5.41) is 14.8. The van der Waals surface area contributed by atoms with Gasteiger partial charge in [-0.1, -0.05) is 42.1 Å². The lowest BCUT2D eigenvalue weighted by Crippen LogP contribution is -2.14. The van der Waals surface area contributed by atoms with Crippen molar-refractivity contribution in [3.05, 3.63) is 83.0 Å². The highest BCUT2D eigenvalue weighted by molar-refractivity contribution is 7.99. The first-order chi connectivity index (χ1) is 17.0. The number of nitrogens with one attached hydrogen (secondary N) is 1. The molecule has 2 heterocycles. The fourth-order valence-corrected chi connectivity index (χ4v) is 4.95. The van der Waals surface area contributed by atoms with Crippen LogP contribution in [0, 0.1) is 13.8 Å². The van der Waals surface area contributed by atoms with Gasteiger partial charge >= 0.3 is 0 Å². The molecule has 2 aromatic carbocycles. The van der Waals surface area contributed by atoms with E-state index in [9.17, 15) is 4.79 Å². The highest BCUT2D eigenvalue weighted by Crippen LogP contribution is 2.27. The van der Waals surface area contributed by atoms with Gasteiger partial charge in [0, 0.05) is 23.9 Å². The van der Waals surface area contributed by atoms with Crippen LogP contribution in [0.4, 0.5) is 5.13 Å². The number of thiazole rings is 1. The van der Waals surface area contributed by atoms with Crippen molar-refractivity contribution in [2.75, 3.05) is 18.2 Å². The van der Waals surface area contributed by atoms with E-state index < -0.39 is 0 Å². The summed E-state index contributed by atoms with van der Waals surface area (Å²) in [6.45, 7) is 8.58. The normalized spacial score (nSPS) is 10.8. The summed E-state index contributed by atoms with van der Waals surface area (Å²) in [5.41, 5.74) is 5.45. The van der Waals surface area contributed by atoms with Crippen molar-refractivity contribution in [2.24, 2.45) is 0 Å². The van der Waals surface area contributed by atoms with E-state index in [1.807, 2.05) is 34.2 Å². The second kappa shape index (κ2) is 11.3. The van der Waals surface area contributed by atoms with Crippen LogP contribution in [0.2, 0.25) is 0 Å². The van der Waals surface area contributed by atoms with E-state index in [1.165, 1.54) is 34.2 Å². The highest BCUT2D eigenvalue weighted by atomic mass is 32.2. The molecule has 4 aromatic rings. The van der Waals surface area contributed by atoms with Crippen LogP contribution >= 0.6 is 23.1 Å². The number of ether oxygens (including phenoxy) is 1. The Kier molecular flexibility index (Phi) is 7.99. The lowest BCUT2D eigenvalue weighted by atomic mass is 10.1. The first-order valence-electron chi connectivity index (χ1n) is 11.1. The van der Waals surface area contributed by atoms with Crippen molar-refractivity contribution in [2.45, 2.75) is 32.0 Å². The first-order valence-corrected chi connectivity index (χ1v) is 12.9. The van der Waals surface area contributed by atoms with Crippen molar-refractivity contribution in [3.8, 4) is 17.0 Å². The van der Waals surface area contributed by atoms with Crippen LogP contribution in [0.5, 0.6) is 5.75 Å². The lowest BCUT2D eigenvalue weighted by molar-refractivity contribution is -0.113. The van der Waals surface area contributed by atoms with Crippen LogP contribution in [0.25, 0.3) is 11.3 Å². The molecule has 9 heteroatoms. The number of benzene rings is 2. The van der Waals surface area contributed by atoms with E-state index in [2.05, 4.69) is 59.1 Å². The number of thioether (sulfide) groups is 1.